The van der Waals surface area contributed by atoms with Crippen LogP contribution in [0.5, 0.6) is 0 Å². The summed E-state index contributed by atoms with van der Waals surface area (Å²) in [5, 5.41) is -5.54. The van der Waals surface area contributed by atoms with Crippen molar-refractivity contribution in [1.82, 2.24) is 0 Å². The Kier molecular flexibility index (Phi) is 13.2. The minimum absolute atomic E-state index is 0.0256. The molecule has 0 spiro atoms. The minimum atomic E-state index is -6.21. The standard InChI is InChI=1S/C12H19F7O3S.C3H7N/c13-10(14,12(18,19)23(20,21)22)8-6-4-2-1-3-5-7-9-11(15,16)17;1-2-3-4/h1-9H2,(H,20,21,22);2H,1,3-4H2. The highest BCUT2D eigenvalue weighted by atomic mass is 32.2. The van der Waals surface area contributed by atoms with Crippen LogP contribution >= 0.6 is 0 Å². The van der Waals surface area contributed by atoms with E-state index in [1.54, 1.807) is 6.08 Å². The van der Waals surface area contributed by atoms with Gasteiger partial charge in [0.05, 0.1) is 0 Å². The largest absolute Gasteiger partial charge is 0.431 e. The van der Waals surface area contributed by atoms with Crippen LogP contribution in [0.15, 0.2) is 12.7 Å². The lowest BCUT2D eigenvalue weighted by atomic mass is 10.1. The Hall–Kier alpha value is -0.880. The zero-order valence-electron chi connectivity index (χ0n) is 14.8. The molecule has 27 heavy (non-hydrogen) atoms. The van der Waals surface area contributed by atoms with E-state index < -0.39 is 40.3 Å². The van der Waals surface area contributed by atoms with Crippen LogP contribution in [0.4, 0.5) is 30.7 Å². The number of halogens is 7. The van der Waals surface area contributed by atoms with Crippen LogP contribution in [-0.4, -0.2) is 36.9 Å². The normalized spacial score (nSPS) is 13.1. The third-order valence-corrected chi connectivity index (χ3v) is 4.31. The topological polar surface area (TPSA) is 80.4 Å². The molecule has 0 rings (SSSR count). The fraction of sp³-hybridized carbons (Fsp3) is 0.867. The summed E-state index contributed by atoms with van der Waals surface area (Å²) in [6.07, 6.45) is -3.53. The summed E-state index contributed by atoms with van der Waals surface area (Å²) >= 11 is 0. The summed E-state index contributed by atoms with van der Waals surface area (Å²) < 4.78 is 116. The van der Waals surface area contributed by atoms with Crippen LogP contribution in [0.25, 0.3) is 0 Å². The van der Waals surface area contributed by atoms with Gasteiger partial charge in [-0.2, -0.15) is 39.2 Å². The molecule has 0 saturated heterocycles. The summed E-state index contributed by atoms with van der Waals surface area (Å²) in [4.78, 5) is 0. The van der Waals surface area contributed by atoms with Crippen molar-refractivity contribution in [1.29, 1.82) is 0 Å². The molecule has 0 aliphatic heterocycles. The Labute approximate surface area is 154 Å². The van der Waals surface area contributed by atoms with Crippen LogP contribution in [0.3, 0.4) is 0 Å². The van der Waals surface area contributed by atoms with Gasteiger partial charge in [-0.15, -0.1) is 6.58 Å². The molecule has 0 atom stereocenters. The molecule has 0 aromatic heterocycles. The summed E-state index contributed by atoms with van der Waals surface area (Å²) in [5.41, 5.74) is 4.91. The fourth-order valence-electron chi connectivity index (χ4n) is 1.89. The monoisotopic (exact) mass is 433 g/mol. The lowest BCUT2D eigenvalue weighted by Crippen LogP contribution is -2.46. The molecular weight excluding hydrogens is 407 g/mol. The molecule has 0 aliphatic carbocycles. The van der Waals surface area contributed by atoms with E-state index in [1.165, 1.54) is 0 Å². The molecule has 0 bridgehead atoms. The van der Waals surface area contributed by atoms with Gasteiger partial charge in [0.1, 0.15) is 0 Å². The van der Waals surface area contributed by atoms with Gasteiger partial charge >= 0.3 is 27.5 Å². The third kappa shape index (κ3) is 13.0. The van der Waals surface area contributed by atoms with Crippen molar-refractivity contribution >= 4 is 10.1 Å². The first-order valence-corrected chi connectivity index (χ1v) is 9.66. The summed E-state index contributed by atoms with van der Waals surface area (Å²) in [5.74, 6) is -4.88. The maximum absolute atomic E-state index is 13.1. The second-order valence-corrected chi connectivity index (χ2v) is 7.27. The first-order valence-electron chi connectivity index (χ1n) is 8.22. The summed E-state index contributed by atoms with van der Waals surface area (Å²) in [7, 11) is -6.21. The van der Waals surface area contributed by atoms with Gasteiger partial charge in [0.15, 0.2) is 0 Å². The van der Waals surface area contributed by atoms with E-state index in [4.69, 9.17) is 10.3 Å². The van der Waals surface area contributed by atoms with Crippen LogP contribution in [0, 0.1) is 0 Å². The van der Waals surface area contributed by atoms with Crippen molar-refractivity contribution in [3.63, 3.8) is 0 Å². The summed E-state index contributed by atoms with van der Waals surface area (Å²) in [6, 6.07) is 0. The highest BCUT2D eigenvalue weighted by Crippen LogP contribution is 2.41. The minimum Gasteiger partial charge on any atom is -0.327 e. The first-order chi connectivity index (χ1) is 12.1. The molecule has 0 heterocycles. The zero-order chi connectivity index (χ0) is 21.8. The molecule has 0 aliphatic rings. The maximum Gasteiger partial charge on any atom is 0.431 e. The first kappa shape index (κ1) is 28.3. The predicted molar refractivity (Wildman–Crippen MR) is 88.3 cm³/mol. The average molecular weight is 433 g/mol. The molecule has 0 unspecified atom stereocenters. The van der Waals surface area contributed by atoms with Gasteiger partial charge < -0.3 is 5.73 Å². The van der Waals surface area contributed by atoms with Crippen LogP contribution < -0.4 is 5.73 Å². The average Bonchev–Trinajstić information content (AvgIpc) is 2.51. The van der Waals surface area contributed by atoms with Crippen LogP contribution in [0.1, 0.15) is 57.8 Å². The van der Waals surface area contributed by atoms with E-state index in [0.29, 0.717) is 32.2 Å². The Balaban J connectivity index is 0. The van der Waals surface area contributed by atoms with Gasteiger partial charge in [-0.3, -0.25) is 4.55 Å². The van der Waals surface area contributed by atoms with E-state index >= 15 is 0 Å². The van der Waals surface area contributed by atoms with Gasteiger partial charge in [0.2, 0.25) is 0 Å². The van der Waals surface area contributed by atoms with E-state index in [9.17, 15) is 39.2 Å². The molecule has 0 fully saturated rings. The number of unbranched alkanes of at least 4 members (excludes halogenated alkanes) is 6. The molecule has 0 aromatic carbocycles. The lowest BCUT2D eigenvalue weighted by Gasteiger charge is -2.23. The van der Waals surface area contributed by atoms with E-state index in [1.807, 2.05) is 0 Å². The van der Waals surface area contributed by atoms with Crippen molar-refractivity contribution in [3.8, 4) is 0 Å². The maximum atomic E-state index is 13.1. The Morgan fingerprint density at radius 1 is 0.815 bits per heavy atom. The number of hydrogen-bond donors (Lipinski definition) is 2. The van der Waals surface area contributed by atoms with E-state index in [0.717, 1.165) is 0 Å². The van der Waals surface area contributed by atoms with E-state index in [-0.39, 0.29) is 19.3 Å². The summed E-state index contributed by atoms with van der Waals surface area (Å²) in [6.45, 7) is 3.94. The molecule has 0 amide bonds. The molecule has 3 N–H and O–H groups in total. The number of hydrogen-bond acceptors (Lipinski definition) is 3. The highest BCUT2D eigenvalue weighted by Gasteiger charge is 2.64. The molecular formula is C15H26F7NO3S. The molecule has 164 valence electrons. The van der Waals surface area contributed by atoms with Gasteiger partial charge in [-0.25, -0.2) is 0 Å². The Morgan fingerprint density at radius 3 is 1.44 bits per heavy atom. The number of alkyl halides is 7. The van der Waals surface area contributed by atoms with Gasteiger partial charge in [0, 0.05) is 19.4 Å². The quantitative estimate of drug-likeness (QED) is 0.189. The van der Waals surface area contributed by atoms with Gasteiger partial charge in [-0.1, -0.05) is 38.2 Å². The number of nitrogens with two attached hydrogens (primary N) is 1. The second kappa shape index (κ2) is 12.6. The van der Waals surface area contributed by atoms with Crippen molar-refractivity contribution in [2.24, 2.45) is 5.73 Å². The molecule has 0 aromatic rings. The Bertz CT molecular complexity index is 508. The number of rotatable bonds is 12. The second-order valence-electron chi connectivity index (χ2n) is 5.81. The van der Waals surface area contributed by atoms with Crippen molar-refractivity contribution < 1.29 is 43.7 Å². The highest BCUT2D eigenvalue weighted by molar-refractivity contribution is 7.87. The predicted octanol–water partition coefficient (Wildman–Crippen LogP) is 5.31. The van der Waals surface area contributed by atoms with Crippen LogP contribution in [0.2, 0.25) is 0 Å². The van der Waals surface area contributed by atoms with Crippen molar-refractivity contribution in [2.75, 3.05) is 6.54 Å². The third-order valence-electron chi connectivity index (χ3n) is 3.37. The van der Waals surface area contributed by atoms with Gasteiger partial charge in [-0.05, 0) is 12.8 Å². The van der Waals surface area contributed by atoms with Gasteiger partial charge in [0.25, 0.3) is 0 Å². The van der Waals surface area contributed by atoms with E-state index in [2.05, 4.69) is 6.58 Å². The fourth-order valence-corrected chi connectivity index (χ4v) is 2.37. The zero-order valence-corrected chi connectivity index (χ0v) is 15.6. The molecule has 0 radical (unpaired) electrons. The Morgan fingerprint density at radius 2 is 1.15 bits per heavy atom. The molecule has 12 heteroatoms. The van der Waals surface area contributed by atoms with Crippen molar-refractivity contribution in [2.45, 2.75) is 75.1 Å². The lowest BCUT2D eigenvalue weighted by molar-refractivity contribution is -0.164. The van der Waals surface area contributed by atoms with Crippen molar-refractivity contribution in [3.05, 3.63) is 12.7 Å². The van der Waals surface area contributed by atoms with Crippen LogP contribution in [-0.2, 0) is 10.1 Å². The molecule has 0 saturated carbocycles. The SMILES string of the molecule is C=CCN.O=S(=O)(O)C(F)(F)C(F)(F)CCCCCCCCCC(F)(F)F. The smallest absolute Gasteiger partial charge is 0.327 e. The molecule has 4 nitrogen and oxygen atoms in total.